The monoisotopic (exact) mass is 364 g/mol. The standard InChI is InChI=1S/C19H16N4O4/c1-25-19(24)13-4-2-3-5-14(13)23-18-9-17(20-10-21-18)22-12-6-7-15-16(8-12)27-11-26-15/h2-10H,11H2,1H3,(H2,20,21,22,23). The number of esters is 1. The highest BCUT2D eigenvalue weighted by atomic mass is 16.7. The van der Waals surface area contributed by atoms with E-state index in [2.05, 4.69) is 20.6 Å². The van der Waals surface area contributed by atoms with Crippen LogP contribution < -0.4 is 20.1 Å². The van der Waals surface area contributed by atoms with Crippen molar-refractivity contribution in [2.75, 3.05) is 24.5 Å². The predicted octanol–water partition coefficient (Wildman–Crippen LogP) is 3.48. The molecule has 0 spiro atoms. The lowest BCUT2D eigenvalue weighted by Gasteiger charge is -2.11. The van der Waals surface area contributed by atoms with Crippen LogP contribution in [0.5, 0.6) is 11.5 Å². The van der Waals surface area contributed by atoms with Crippen LogP contribution in [0.25, 0.3) is 0 Å². The van der Waals surface area contributed by atoms with Crippen molar-refractivity contribution in [2.45, 2.75) is 0 Å². The van der Waals surface area contributed by atoms with Gasteiger partial charge in [0, 0.05) is 17.8 Å². The number of ether oxygens (including phenoxy) is 3. The number of carbonyl (C=O) groups is 1. The molecule has 0 bridgehead atoms. The Labute approximate surface area is 155 Å². The Morgan fingerprint density at radius 2 is 1.78 bits per heavy atom. The summed E-state index contributed by atoms with van der Waals surface area (Å²) in [4.78, 5) is 20.3. The highest BCUT2D eigenvalue weighted by molar-refractivity contribution is 5.96. The van der Waals surface area contributed by atoms with Crippen LogP contribution in [-0.2, 0) is 4.74 Å². The maximum atomic E-state index is 11.9. The van der Waals surface area contributed by atoms with Crippen molar-refractivity contribution in [3.8, 4) is 11.5 Å². The number of nitrogens with one attached hydrogen (secondary N) is 2. The van der Waals surface area contributed by atoms with Crippen molar-refractivity contribution in [2.24, 2.45) is 0 Å². The largest absolute Gasteiger partial charge is 0.465 e. The summed E-state index contributed by atoms with van der Waals surface area (Å²) in [5, 5.41) is 6.31. The van der Waals surface area contributed by atoms with Gasteiger partial charge in [0.2, 0.25) is 6.79 Å². The summed E-state index contributed by atoms with van der Waals surface area (Å²) >= 11 is 0. The summed E-state index contributed by atoms with van der Waals surface area (Å²) in [7, 11) is 1.34. The second kappa shape index (κ2) is 7.20. The molecule has 2 heterocycles. The molecule has 2 aromatic carbocycles. The Morgan fingerprint density at radius 1 is 1.00 bits per heavy atom. The molecule has 0 unspecified atom stereocenters. The summed E-state index contributed by atoms with van der Waals surface area (Å²) in [6, 6.07) is 14.3. The Bertz CT molecular complexity index is 993. The number of nitrogens with zero attached hydrogens (tertiary/aromatic N) is 2. The molecule has 4 rings (SSSR count). The second-order valence-electron chi connectivity index (χ2n) is 5.64. The zero-order valence-electron chi connectivity index (χ0n) is 14.4. The summed E-state index contributed by atoms with van der Waals surface area (Å²) in [5.41, 5.74) is 1.82. The van der Waals surface area contributed by atoms with E-state index in [1.807, 2.05) is 24.3 Å². The Morgan fingerprint density at radius 3 is 2.63 bits per heavy atom. The number of rotatable bonds is 5. The minimum Gasteiger partial charge on any atom is -0.465 e. The molecule has 0 amide bonds. The first-order chi connectivity index (χ1) is 13.2. The molecule has 3 aromatic rings. The van der Waals surface area contributed by atoms with Gasteiger partial charge in [-0.05, 0) is 24.3 Å². The van der Waals surface area contributed by atoms with Gasteiger partial charge in [0.05, 0.1) is 18.4 Å². The van der Waals surface area contributed by atoms with Crippen LogP contribution in [0.2, 0.25) is 0 Å². The zero-order valence-corrected chi connectivity index (χ0v) is 14.4. The fourth-order valence-corrected chi connectivity index (χ4v) is 2.63. The summed E-state index contributed by atoms with van der Waals surface area (Å²) in [6.45, 7) is 0.222. The van der Waals surface area contributed by atoms with E-state index in [-0.39, 0.29) is 6.79 Å². The average molecular weight is 364 g/mol. The highest BCUT2D eigenvalue weighted by Crippen LogP contribution is 2.35. The lowest BCUT2D eigenvalue weighted by Crippen LogP contribution is -2.06. The maximum Gasteiger partial charge on any atom is 0.339 e. The number of fused-ring (bicyclic) bond motifs is 1. The van der Waals surface area contributed by atoms with E-state index in [0.717, 1.165) is 5.69 Å². The summed E-state index contributed by atoms with van der Waals surface area (Å²) in [6.07, 6.45) is 1.43. The number of hydrogen-bond donors (Lipinski definition) is 2. The number of anilines is 4. The van der Waals surface area contributed by atoms with Crippen LogP contribution in [0.3, 0.4) is 0 Å². The van der Waals surface area contributed by atoms with Crippen molar-refractivity contribution in [3.05, 3.63) is 60.4 Å². The molecule has 2 N–H and O–H groups in total. The van der Waals surface area contributed by atoms with E-state index in [0.29, 0.717) is 34.4 Å². The molecule has 0 aliphatic carbocycles. The number of methoxy groups -OCH3 is 1. The number of aromatic nitrogens is 2. The van der Waals surface area contributed by atoms with Crippen LogP contribution in [-0.4, -0.2) is 29.8 Å². The van der Waals surface area contributed by atoms with E-state index in [1.165, 1.54) is 13.4 Å². The Hall–Kier alpha value is -3.81. The minimum absolute atomic E-state index is 0.222. The van der Waals surface area contributed by atoms with Crippen LogP contribution in [0, 0.1) is 0 Å². The molecule has 27 heavy (non-hydrogen) atoms. The summed E-state index contributed by atoms with van der Waals surface area (Å²) < 4.78 is 15.5. The molecule has 8 heteroatoms. The fourth-order valence-electron chi connectivity index (χ4n) is 2.63. The van der Waals surface area contributed by atoms with Gasteiger partial charge in [0.1, 0.15) is 18.0 Å². The third-order valence-electron chi connectivity index (χ3n) is 3.91. The van der Waals surface area contributed by atoms with Crippen molar-refractivity contribution in [1.82, 2.24) is 9.97 Å². The van der Waals surface area contributed by atoms with Crippen molar-refractivity contribution in [1.29, 1.82) is 0 Å². The maximum absolute atomic E-state index is 11.9. The molecular weight excluding hydrogens is 348 g/mol. The number of para-hydroxylation sites is 1. The molecule has 0 radical (unpaired) electrons. The number of benzene rings is 2. The molecule has 1 aliphatic heterocycles. The molecule has 0 fully saturated rings. The fraction of sp³-hybridized carbons (Fsp3) is 0.105. The number of carbonyl (C=O) groups excluding carboxylic acids is 1. The minimum atomic E-state index is -0.425. The van der Waals surface area contributed by atoms with Gasteiger partial charge in [-0.1, -0.05) is 12.1 Å². The van der Waals surface area contributed by atoms with Gasteiger partial charge in [-0.25, -0.2) is 14.8 Å². The first kappa shape index (κ1) is 16.6. The molecule has 136 valence electrons. The quantitative estimate of drug-likeness (QED) is 0.665. The predicted molar refractivity (Wildman–Crippen MR) is 98.9 cm³/mol. The zero-order chi connectivity index (χ0) is 18.6. The van der Waals surface area contributed by atoms with Crippen molar-refractivity contribution < 1.29 is 19.0 Å². The Kier molecular flexibility index (Phi) is 4.44. The Balaban J connectivity index is 1.54. The smallest absolute Gasteiger partial charge is 0.339 e. The summed E-state index contributed by atoms with van der Waals surface area (Å²) in [5.74, 6) is 2.08. The molecule has 8 nitrogen and oxygen atoms in total. The first-order valence-corrected chi connectivity index (χ1v) is 8.16. The topological polar surface area (TPSA) is 94.6 Å². The highest BCUT2D eigenvalue weighted by Gasteiger charge is 2.14. The average Bonchev–Trinajstić information content (AvgIpc) is 3.16. The first-order valence-electron chi connectivity index (χ1n) is 8.16. The molecule has 1 aliphatic rings. The molecule has 0 saturated carbocycles. The van der Waals surface area contributed by atoms with Gasteiger partial charge >= 0.3 is 5.97 Å². The normalized spacial score (nSPS) is 11.7. The van der Waals surface area contributed by atoms with Gasteiger partial charge in [0.15, 0.2) is 11.5 Å². The third-order valence-corrected chi connectivity index (χ3v) is 3.91. The van der Waals surface area contributed by atoms with E-state index in [9.17, 15) is 4.79 Å². The van der Waals surface area contributed by atoms with Crippen LogP contribution >= 0.6 is 0 Å². The van der Waals surface area contributed by atoms with Crippen LogP contribution in [0.4, 0.5) is 23.0 Å². The molecular formula is C19H16N4O4. The van der Waals surface area contributed by atoms with Crippen molar-refractivity contribution >= 4 is 29.0 Å². The van der Waals surface area contributed by atoms with Crippen molar-refractivity contribution in [3.63, 3.8) is 0 Å². The molecule has 0 saturated heterocycles. The van der Waals surface area contributed by atoms with Crippen LogP contribution in [0.1, 0.15) is 10.4 Å². The molecule has 1 aromatic heterocycles. The number of hydrogen-bond acceptors (Lipinski definition) is 8. The third kappa shape index (κ3) is 3.59. The van der Waals surface area contributed by atoms with Crippen LogP contribution in [0.15, 0.2) is 54.9 Å². The lowest BCUT2D eigenvalue weighted by atomic mass is 10.2. The SMILES string of the molecule is COC(=O)c1ccccc1Nc1cc(Nc2ccc3c(c2)OCO3)ncn1. The van der Waals surface area contributed by atoms with E-state index < -0.39 is 5.97 Å². The van der Waals surface area contributed by atoms with Gasteiger partial charge < -0.3 is 24.8 Å². The van der Waals surface area contributed by atoms with E-state index in [1.54, 1.807) is 24.3 Å². The molecule has 0 atom stereocenters. The van der Waals surface area contributed by atoms with Gasteiger partial charge in [0.25, 0.3) is 0 Å². The van der Waals surface area contributed by atoms with E-state index in [4.69, 9.17) is 14.2 Å². The van der Waals surface area contributed by atoms with Gasteiger partial charge in [-0.15, -0.1) is 0 Å². The van der Waals surface area contributed by atoms with Gasteiger partial charge in [-0.2, -0.15) is 0 Å². The van der Waals surface area contributed by atoms with E-state index >= 15 is 0 Å². The van der Waals surface area contributed by atoms with Gasteiger partial charge in [-0.3, -0.25) is 0 Å². The lowest BCUT2D eigenvalue weighted by molar-refractivity contribution is 0.0602. The second-order valence-corrected chi connectivity index (χ2v) is 5.64.